The average Bonchev–Trinajstić information content (AvgIpc) is 2.66. The first kappa shape index (κ1) is 11.8. The number of nitrogens with zero attached hydrogens (tertiary/aromatic N) is 1. The Balaban J connectivity index is 2.59. The third-order valence-electron chi connectivity index (χ3n) is 2.45. The molecule has 4 heteroatoms. The number of carbonyl (C=O) groups excluding carboxylic acids is 2. The highest BCUT2D eigenvalue weighted by Crippen LogP contribution is 2.19. The van der Waals surface area contributed by atoms with Crippen LogP contribution in [-0.2, 0) is 14.3 Å². The SMILES string of the molecule is C=CCC(=O)N1CCCC1C(=O)OCC. The summed E-state index contributed by atoms with van der Waals surface area (Å²) in [4.78, 5) is 24.7. The zero-order chi connectivity index (χ0) is 11.3. The van der Waals surface area contributed by atoms with Crippen LogP contribution in [0.5, 0.6) is 0 Å². The lowest BCUT2D eigenvalue weighted by molar-refractivity contribution is -0.152. The van der Waals surface area contributed by atoms with E-state index in [4.69, 9.17) is 4.74 Å². The number of esters is 1. The summed E-state index contributed by atoms with van der Waals surface area (Å²) in [5.41, 5.74) is 0. The maximum atomic E-state index is 11.6. The molecule has 0 saturated carbocycles. The first-order valence-corrected chi connectivity index (χ1v) is 5.27. The van der Waals surface area contributed by atoms with Gasteiger partial charge in [-0.25, -0.2) is 4.79 Å². The summed E-state index contributed by atoms with van der Waals surface area (Å²) in [6.45, 7) is 6.29. The molecule has 1 fully saturated rings. The van der Waals surface area contributed by atoms with Gasteiger partial charge in [0.05, 0.1) is 6.61 Å². The first-order valence-electron chi connectivity index (χ1n) is 5.27. The lowest BCUT2D eigenvalue weighted by atomic mass is 10.2. The van der Waals surface area contributed by atoms with E-state index in [0.29, 0.717) is 19.6 Å². The number of hydrogen-bond acceptors (Lipinski definition) is 3. The topological polar surface area (TPSA) is 46.6 Å². The van der Waals surface area contributed by atoms with Crippen LogP contribution >= 0.6 is 0 Å². The predicted molar refractivity (Wildman–Crippen MR) is 56.2 cm³/mol. The second kappa shape index (κ2) is 5.53. The van der Waals surface area contributed by atoms with E-state index >= 15 is 0 Å². The summed E-state index contributed by atoms with van der Waals surface area (Å²) in [7, 11) is 0. The monoisotopic (exact) mass is 211 g/mol. The largest absolute Gasteiger partial charge is 0.464 e. The van der Waals surface area contributed by atoms with Crippen LogP contribution in [0.15, 0.2) is 12.7 Å². The van der Waals surface area contributed by atoms with Gasteiger partial charge in [-0.05, 0) is 19.8 Å². The summed E-state index contributed by atoms with van der Waals surface area (Å²) < 4.78 is 4.93. The fraction of sp³-hybridized carbons (Fsp3) is 0.636. The normalized spacial score (nSPS) is 20.1. The molecule has 1 rings (SSSR count). The summed E-state index contributed by atoms with van der Waals surface area (Å²) in [5, 5.41) is 0. The van der Waals surface area contributed by atoms with Crippen LogP contribution in [0.3, 0.4) is 0 Å². The van der Waals surface area contributed by atoms with Gasteiger partial charge in [-0.2, -0.15) is 0 Å². The molecule has 0 aromatic heterocycles. The van der Waals surface area contributed by atoms with Crippen molar-refractivity contribution >= 4 is 11.9 Å². The molecule has 0 N–H and O–H groups in total. The minimum Gasteiger partial charge on any atom is -0.464 e. The molecule has 0 aromatic rings. The second-order valence-corrected chi connectivity index (χ2v) is 3.49. The Bertz CT molecular complexity index is 263. The minimum atomic E-state index is -0.377. The number of likely N-dealkylation sites (tertiary alicyclic amines) is 1. The lowest BCUT2D eigenvalue weighted by Gasteiger charge is -2.22. The molecule has 0 aliphatic carbocycles. The summed E-state index contributed by atoms with van der Waals surface area (Å²) >= 11 is 0. The number of hydrogen-bond donors (Lipinski definition) is 0. The van der Waals surface area contributed by atoms with Gasteiger partial charge in [0, 0.05) is 13.0 Å². The zero-order valence-electron chi connectivity index (χ0n) is 9.07. The van der Waals surface area contributed by atoms with Gasteiger partial charge in [-0.1, -0.05) is 6.08 Å². The van der Waals surface area contributed by atoms with Crippen LogP contribution in [0.2, 0.25) is 0 Å². The molecule has 1 saturated heterocycles. The molecule has 1 atom stereocenters. The molecule has 4 nitrogen and oxygen atoms in total. The summed E-state index contributed by atoms with van der Waals surface area (Å²) in [5.74, 6) is -0.326. The van der Waals surface area contributed by atoms with Crippen molar-refractivity contribution in [2.45, 2.75) is 32.2 Å². The van der Waals surface area contributed by atoms with E-state index in [1.54, 1.807) is 17.9 Å². The van der Waals surface area contributed by atoms with E-state index in [2.05, 4.69) is 6.58 Å². The van der Waals surface area contributed by atoms with Crippen LogP contribution in [0.4, 0.5) is 0 Å². The summed E-state index contributed by atoms with van der Waals surface area (Å²) in [6, 6.07) is -0.377. The van der Waals surface area contributed by atoms with E-state index in [1.165, 1.54) is 0 Å². The van der Waals surface area contributed by atoms with E-state index in [1.807, 2.05) is 0 Å². The van der Waals surface area contributed by atoms with Gasteiger partial charge in [0.2, 0.25) is 5.91 Å². The molecule has 0 radical (unpaired) electrons. The standard InChI is InChI=1S/C11H17NO3/c1-3-6-10(13)12-8-5-7-9(12)11(14)15-4-2/h3,9H,1,4-8H2,2H3. The molecular weight excluding hydrogens is 194 g/mol. The van der Waals surface area contributed by atoms with Gasteiger partial charge in [-0.3, -0.25) is 4.79 Å². The van der Waals surface area contributed by atoms with Gasteiger partial charge in [0.15, 0.2) is 0 Å². The third-order valence-corrected chi connectivity index (χ3v) is 2.45. The van der Waals surface area contributed by atoms with E-state index < -0.39 is 0 Å². The fourth-order valence-corrected chi connectivity index (χ4v) is 1.79. The molecule has 0 bridgehead atoms. The molecular formula is C11H17NO3. The number of carbonyl (C=O) groups is 2. The van der Waals surface area contributed by atoms with Crippen LogP contribution in [0, 0.1) is 0 Å². The number of ether oxygens (including phenoxy) is 1. The lowest BCUT2D eigenvalue weighted by Crippen LogP contribution is -2.41. The second-order valence-electron chi connectivity index (χ2n) is 3.49. The van der Waals surface area contributed by atoms with Crippen molar-refractivity contribution in [3.8, 4) is 0 Å². The average molecular weight is 211 g/mol. The Kier molecular flexibility index (Phi) is 4.34. The highest BCUT2D eigenvalue weighted by molar-refractivity contribution is 5.85. The maximum absolute atomic E-state index is 11.6. The van der Waals surface area contributed by atoms with Crippen molar-refractivity contribution in [2.75, 3.05) is 13.2 Å². The van der Waals surface area contributed by atoms with Gasteiger partial charge >= 0.3 is 5.97 Å². The van der Waals surface area contributed by atoms with E-state index in [0.717, 1.165) is 6.42 Å². The minimum absolute atomic E-state index is 0.0412. The molecule has 0 aromatic carbocycles. The van der Waals surface area contributed by atoms with Crippen molar-refractivity contribution < 1.29 is 14.3 Å². The highest BCUT2D eigenvalue weighted by atomic mass is 16.5. The number of amides is 1. The fourth-order valence-electron chi connectivity index (χ4n) is 1.79. The van der Waals surface area contributed by atoms with E-state index in [-0.39, 0.29) is 24.3 Å². The van der Waals surface area contributed by atoms with Crippen LogP contribution in [0.25, 0.3) is 0 Å². The Morgan fingerprint density at radius 3 is 2.93 bits per heavy atom. The number of rotatable bonds is 4. The van der Waals surface area contributed by atoms with Crippen LogP contribution in [-0.4, -0.2) is 36.0 Å². The van der Waals surface area contributed by atoms with Crippen LogP contribution in [0.1, 0.15) is 26.2 Å². The molecule has 0 spiro atoms. The predicted octanol–water partition coefficient (Wildman–Crippen LogP) is 1.12. The van der Waals surface area contributed by atoms with Crippen molar-refractivity contribution in [3.63, 3.8) is 0 Å². The summed E-state index contributed by atoms with van der Waals surface area (Å²) in [6.07, 6.45) is 3.42. The first-order chi connectivity index (χ1) is 7.20. The van der Waals surface area contributed by atoms with Crippen molar-refractivity contribution in [2.24, 2.45) is 0 Å². The molecule has 1 aliphatic heterocycles. The quantitative estimate of drug-likeness (QED) is 0.517. The zero-order valence-corrected chi connectivity index (χ0v) is 9.07. The Hall–Kier alpha value is -1.32. The third kappa shape index (κ3) is 2.81. The van der Waals surface area contributed by atoms with Gasteiger partial charge in [0.25, 0.3) is 0 Å². The van der Waals surface area contributed by atoms with Gasteiger partial charge < -0.3 is 9.64 Å². The Morgan fingerprint density at radius 1 is 1.60 bits per heavy atom. The molecule has 1 unspecified atom stereocenters. The van der Waals surface area contributed by atoms with Gasteiger partial charge in [-0.15, -0.1) is 6.58 Å². The van der Waals surface area contributed by atoms with Crippen molar-refractivity contribution in [3.05, 3.63) is 12.7 Å². The van der Waals surface area contributed by atoms with Crippen LogP contribution < -0.4 is 0 Å². The van der Waals surface area contributed by atoms with Crippen molar-refractivity contribution in [1.29, 1.82) is 0 Å². The molecule has 1 heterocycles. The van der Waals surface area contributed by atoms with Gasteiger partial charge in [0.1, 0.15) is 6.04 Å². The maximum Gasteiger partial charge on any atom is 0.328 e. The highest BCUT2D eigenvalue weighted by Gasteiger charge is 2.34. The van der Waals surface area contributed by atoms with E-state index in [9.17, 15) is 9.59 Å². The Morgan fingerprint density at radius 2 is 2.33 bits per heavy atom. The molecule has 15 heavy (non-hydrogen) atoms. The molecule has 1 amide bonds. The smallest absolute Gasteiger partial charge is 0.328 e. The van der Waals surface area contributed by atoms with Crippen molar-refractivity contribution in [1.82, 2.24) is 4.90 Å². The molecule has 1 aliphatic rings. The Labute approximate surface area is 89.9 Å². The molecule has 84 valence electrons.